The molecule has 0 saturated heterocycles. The fraction of sp³-hybridized carbons (Fsp3) is 0.133. The smallest absolute Gasteiger partial charge is 0.249 e. The average Bonchev–Trinajstić information content (AvgIpc) is 2.32. The molecule has 0 bridgehead atoms. The Morgan fingerprint density at radius 1 is 1.00 bits per heavy atom. The van der Waals surface area contributed by atoms with E-state index in [1.165, 1.54) is 11.1 Å². The Kier molecular flexibility index (Phi) is 2.96. The Hall–Kier alpha value is -2.09. The average molecular weight is 225 g/mol. The Balaban J connectivity index is 2.60. The molecule has 17 heavy (non-hydrogen) atoms. The van der Waals surface area contributed by atoms with E-state index in [4.69, 9.17) is 5.73 Å². The molecule has 0 spiro atoms. The number of rotatable bonds is 2. The minimum atomic E-state index is -0.390. The van der Waals surface area contributed by atoms with Gasteiger partial charge in [0.1, 0.15) is 0 Å². The van der Waals surface area contributed by atoms with Gasteiger partial charge in [0.25, 0.3) is 0 Å². The maximum Gasteiger partial charge on any atom is 0.249 e. The molecule has 0 aliphatic rings. The fourth-order valence-electron chi connectivity index (χ4n) is 1.86. The second kappa shape index (κ2) is 4.42. The third kappa shape index (κ3) is 2.21. The summed E-state index contributed by atoms with van der Waals surface area (Å²) < 4.78 is 0. The second-order valence-electron chi connectivity index (χ2n) is 4.21. The number of hydrogen-bond acceptors (Lipinski definition) is 1. The maximum atomic E-state index is 11.4. The summed E-state index contributed by atoms with van der Waals surface area (Å²) in [5.41, 5.74) is 10.3. The van der Waals surface area contributed by atoms with Gasteiger partial charge in [-0.2, -0.15) is 0 Å². The fourth-order valence-corrected chi connectivity index (χ4v) is 1.86. The van der Waals surface area contributed by atoms with E-state index < -0.39 is 0 Å². The number of amides is 1. The summed E-state index contributed by atoms with van der Waals surface area (Å²) in [7, 11) is 0. The summed E-state index contributed by atoms with van der Waals surface area (Å²) in [5, 5.41) is 0. The summed E-state index contributed by atoms with van der Waals surface area (Å²) in [6.07, 6.45) is 0. The van der Waals surface area contributed by atoms with Crippen LogP contribution in [0.5, 0.6) is 0 Å². The molecule has 0 heterocycles. The third-order valence-electron chi connectivity index (χ3n) is 3.01. The van der Waals surface area contributed by atoms with Crippen LogP contribution in [0.2, 0.25) is 0 Å². The van der Waals surface area contributed by atoms with E-state index in [-0.39, 0.29) is 5.91 Å². The Morgan fingerprint density at radius 3 is 2.35 bits per heavy atom. The molecule has 2 nitrogen and oxygen atoms in total. The first-order valence-electron chi connectivity index (χ1n) is 5.56. The molecule has 0 saturated carbocycles. The number of carbonyl (C=O) groups excluding carboxylic acids is 1. The lowest BCUT2D eigenvalue weighted by molar-refractivity contribution is 0.100. The quantitative estimate of drug-likeness (QED) is 0.838. The van der Waals surface area contributed by atoms with Crippen molar-refractivity contribution in [3.8, 4) is 11.1 Å². The molecule has 86 valence electrons. The van der Waals surface area contributed by atoms with Crippen molar-refractivity contribution in [2.75, 3.05) is 0 Å². The highest BCUT2D eigenvalue weighted by Gasteiger charge is 2.09. The molecule has 0 radical (unpaired) electrons. The van der Waals surface area contributed by atoms with Gasteiger partial charge in [-0.1, -0.05) is 36.4 Å². The normalized spacial score (nSPS) is 10.2. The van der Waals surface area contributed by atoms with Crippen molar-refractivity contribution in [2.45, 2.75) is 13.8 Å². The number of benzene rings is 2. The highest BCUT2D eigenvalue weighted by Crippen LogP contribution is 2.25. The SMILES string of the molecule is Cc1ccc(-c2ccccc2C(N)=O)cc1C. The zero-order valence-electron chi connectivity index (χ0n) is 10.0. The van der Waals surface area contributed by atoms with E-state index in [0.29, 0.717) is 5.56 Å². The molecular weight excluding hydrogens is 210 g/mol. The monoisotopic (exact) mass is 225 g/mol. The Morgan fingerprint density at radius 2 is 1.71 bits per heavy atom. The van der Waals surface area contributed by atoms with Crippen molar-refractivity contribution in [1.29, 1.82) is 0 Å². The van der Waals surface area contributed by atoms with Crippen LogP contribution < -0.4 is 5.73 Å². The highest BCUT2D eigenvalue weighted by molar-refractivity contribution is 5.99. The predicted octanol–water partition coefficient (Wildman–Crippen LogP) is 3.07. The van der Waals surface area contributed by atoms with E-state index in [9.17, 15) is 4.79 Å². The molecule has 2 N–H and O–H groups in total. The topological polar surface area (TPSA) is 43.1 Å². The first-order valence-corrected chi connectivity index (χ1v) is 5.56. The molecule has 2 rings (SSSR count). The first kappa shape index (κ1) is 11.4. The van der Waals surface area contributed by atoms with Gasteiger partial charge < -0.3 is 5.73 Å². The number of carbonyl (C=O) groups is 1. The summed E-state index contributed by atoms with van der Waals surface area (Å²) >= 11 is 0. The van der Waals surface area contributed by atoms with Gasteiger partial charge in [-0.25, -0.2) is 0 Å². The van der Waals surface area contributed by atoms with Crippen molar-refractivity contribution in [3.05, 3.63) is 59.2 Å². The molecule has 2 aromatic rings. The van der Waals surface area contributed by atoms with Gasteiger partial charge in [-0.3, -0.25) is 4.79 Å². The van der Waals surface area contributed by atoms with E-state index in [1.54, 1.807) is 6.07 Å². The van der Waals surface area contributed by atoms with Gasteiger partial charge in [0.05, 0.1) is 0 Å². The molecule has 0 fully saturated rings. The first-order chi connectivity index (χ1) is 8.09. The van der Waals surface area contributed by atoms with E-state index in [0.717, 1.165) is 11.1 Å². The molecule has 0 aromatic heterocycles. The number of primary amides is 1. The van der Waals surface area contributed by atoms with Crippen LogP contribution in [0.4, 0.5) is 0 Å². The van der Waals surface area contributed by atoms with Crippen molar-refractivity contribution >= 4 is 5.91 Å². The molecular formula is C15H15NO. The van der Waals surface area contributed by atoms with Crippen LogP contribution in [0, 0.1) is 13.8 Å². The van der Waals surface area contributed by atoms with E-state index in [2.05, 4.69) is 26.0 Å². The largest absolute Gasteiger partial charge is 0.366 e. The van der Waals surface area contributed by atoms with Crippen LogP contribution in [0.25, 0.3) is 11.1 Å². The van der Waals surface area contributed by atoms with Crippen molar-refractivity contribution in [1.82, 2.24) is 0 Å². The van der Waals surface area contributed by atoms with Gasteiger partial charge in [0, 0.05) is 5.56 Å². The summed E-state index contributed by atoms with van der Waals surface area (Å²) in [6.45, 7) is 4.13. The Bertz CT molecular complexity index is 573. The number of aryl methyl sites for hydroxylation is 2. The van der Waals surface area contributed by atoms with Crippen molar-refractivity contribution in [2.24, 2.45) is 5.73 Å². The lowest BCUT2D eigenvalue weighted by atomic mass is 9.96. The van der Waals surface area contributed by atoms with E-state index in [1.807, 2.05) is 24.3 Å². The highest BCUT2D eigenvalue weighted by atomic mass is 16.1. The third-order valence-corrected chi connectivity index (χ3v) is 3.01. The zero-order valence-corrected chi connectivity index (χ0v) is 10.0. The van der Waals surface area contributed by atoms with Gasteiger partial charge in [0.15, 0.2) is 0 Å². The number of hydrogen-bond donors (Lipinski definition) is 1. The number of nitrogens with two attached hydrogens (primary N) is 1. The van der Waals surface area contributed by atoms with Gasteiger partial charge >= 0.3 is 0 Å². The molecule has 0 unspecified atom stereocenters. The molecule has 2 heteroatoms. The summed E-state index contributed by atoms with van der Waals surface area (Å²) in [6, 6.07) is 13.6. The molecule has 0 atom stereocenters. The second-order valence-corrected chi connectivity index (χ2v) is 4.21. The molecule has 0 aliphatic carbocycles. The van der Waals surface area contributed by atoms with Gasteiger partial charge in [-0.05, 0) is 42.2 Å². The molecule has 1 amide bonds. The zero-order chi connectivity index (χ0) is 12.4. The van der Waals surface area contributed by atoms with Crippen LogP contribution in [0.15, 0.2) is 42.5 Å². The summed E-state index contributed by atoms with van der Waals surface area (Å²) in [4.78, 5) is 11.4. The lowest BCUT2D eigenvalue weighted by Crippen LogP contribution is -2.12. The standard InChI is InChI=1S/C15H15NO/c1-10-7-8-12(9-11(10)2)13-5-3-4-6-14(13)15(16)17/h3-9H,1-2H3,(H2,16,17). The van der Waals surface area contributed by atoms with Gasteiger partial charge in [-0.15, -0.1) is 0 Å². The van der Waals surface area contributed by atoms with Crippen LogP contribution in [-0.2, 0) is 0 Å². The minimum absolute atomic E-state index is 0.390. The predicted molar refractivity (Wildman–Crippen MR) is 69.9 cm³/mol. The van der Waals surface area contributed by atoms with Crippen LogP contribution >= 0.6 is 0 Å². The lowest BCUT2D eigenvalue weighted by Gasteiger charge is -2.08. The minimum Gasteiger partial charge on any atom is -0.366 e. The molecule has 2 aromatic carbocycles. The maximum absolute atomic E-state index is 11.4. The van der Waals surface area contributed by atoms with Gasteiger partial charge in [0.2, 0.25) is 5.91 Å². The van der Waals surface area contributed by atoms with Crippen LogP contribution in [0.3, 0.4) is 0 Å². The van der Waals surface area contributed by atoms with Crippen molar-refractivity contribution in [3.63, 3.8) is 0 Å². The van der Waals surface area contributed by atoms with E-state index >= 15 is 0 Å². The Labute approximate surface area is 101 Å². The van der Waals surface area contributed by atoms with Crippen molar-refractivity contribution < 1.29 is 4.79 Å². The summed E-state index contributed by atoms with van der Waals surface area (Å²) in [5.74, 6) is -0.390. The van der Waals surface area contributed by atoms with Crippen LogP contribution in [-0.4, -0.2) is 5.91 Å². The van der Waals surface area contributed by atoms with Crippen LogP contribution in [0.1, 0.15) is 21.5 Å². The molecule has 0 aliphatic heterocycles.